The van der Waals surface area contributed by atoms with Gasteiger partial charge in [0.15, 0.2) is 11.6 Å². The highest BCUT2D eigenvalue weighted by Gasteiger charge is 2.21. The van der Waals surface area contributed by atoms with Gasteiger partial charge >= 0.3 is 0 Å². The lowest BCUT2D eigenvalue weighted by molar-refractivity contribution is 0.0996. The van der Waals surface area contributed by atoms with Crippen LogP contribution >= 0.6 is 11.6 Å². The van der Waals surface area contributed by atoms with Crippen molar-refractivity contribution < 1.29 is 9.21 Å². The molecule has 4 aromatic rings. The van der Waals surface area contributed by atoms with E-state index < -0.39 is 0 Å². The molecule has 0 atom stereocenters. The number of hydrogen-bond donors (Lipinski definition) is 1. The van der Waals surface area contributed by atoms with Crippen molar-refractivity contribution in [3.8, 4) is 11.1 Å². The highest BCUT2D eigenvalue weighted by atomic mass is 35.5. The van der Waals surface area contributed by atoms with Gasteiger partial charge in [-0.3, -0.25) is 4.79 Å². The topological polar surface area (TPSA) is 67.5 Å². The van der Waals surface area contributed by atoms with Crippen LogP contribution in [-0.2, 0) is 12.8 Å². The maximum absolute atomic E-state index is 12.3. The van der Waals surface area contributed by atoms with Crippen molar-refractivity contribution in [1.29, 1.82) is 0 Å². The number of carbonyl (C=O) groups excluding carboxylic acids is 1. The maximum atomic E-state index is 12.3. The Bertz CT molecular complexity index is 1330. The lowest BCUT2D eigenvalue weighted by Gasteiger charge is -2.08. The largest absolute Gasteiger partial charge is 0.459 e. The Kier molecular flexibility index (Phi) is 5.33. The predicted octanol–water partition coefficient (Wildman–Crippen LogP) is 6.49. The van der Waals surface area contributed by atoms with Gasteiger partial charge in [-0.25, -0.2) is 9.98 Å². The first-order valence-electron chi connectivity index (χ1n) is 10.4. The van der Waals surface area contributed by atoms with Gasteiger partial charge in [-0.2, -0.15) is 0 Å². The molecular weight excluding hydrogens is 422 g/mol. The number of anilines is 1. The number of halogens is 1. The van der Waals surface area contributed by atoms with E-state index in [2.05, 4.69) is 47.6 Å². The number of furan rings is 1. The zero-order chi connectivity index (χ0) is 22.1. The molecule has 0 saturated carbocycles. The number of nitrogens with one attached hydrogen (secondary N) is 1. The standard InChI is InChI=1S/C26H20ClN3O2/c1-2-16-5-7-17(8-6-16)19-12-18-13-23(30-25(18)28-15-19)21-14-20(9-10-22(21)27)29-26(31)24-4-3-11-32-24/h3-12,14-15H,2,13H2,1H3,(H,29,31). The van der Waals surface area contributed by atoms with Gasteiger partial charge in [0.2, 0.25) is 0 Å². The number of hydrogen-bond acceptors (Lipinski definition) is 4. The van der Waals surface area contributed by atoms with E-state index in [1.807, 2.05) is 12.3 Å². The summed E-state index contributed by atoms with van der Waals surface area (Å²) in [5.41, 5.74) is 6.77. The molecule has 6 heteroatoms. The Morgan fingerprint density at radius 2 is 1.94 bits per heavy atom. The van der Waals surface area contributed by atoms with E-state index in [-0.39, 0.29) is 11.7 Å². The van der Waals surface area contributed by atoms with E-state index >= 15 is 0 Å². The van der Waals surface area contributed by atoms with Gasteiger partial charge in [0.05, 0.1) is 12.0 Å². The fourth-order valence-corrected chi connectivity index (χ4v) is 3.98. The monoisotopic (exact) mass is 441 g/mol. The molecule has 2 aromatic carbocycles. The van der Waals surface area contributed by atoms with Gasteiger partial charge in [-0.1, -0.05) is 42.8 Å². The molecule has 1 N–H and O–H groups in total. The smallest absolute Gasteiger partial charge is 0.291 e. The summed E-state index contributed by atoms with van der Waals surface area (Å²) in [6.07, 6.45) is 4.96. The summed E-state index contributed by atoms with van der Waals surface area (Å²) >= 11 is 6.48. The normalized spacial score (nSPS) is 12.4. The average Bonchev–Trinajstić information content (AvgIpc) is 3.50. The Morgan fingerprint density at radius 3 is 2.69 bits per heavy atom. The van der Waals surface area contributed by atoms with Gasteiger partial charge in [-0.05, 0) is 53.9 Å². The number of fused-ring (bicyclic) bond motifs is 1. The summed E-state index contributed by atoms with van der Waals surface area (Å²) in [4.78, 5) is 21.6. The molecule has 1 amide bonds. The van der Waals surface area contributed by atoms with Gasteiger partial charge in [0.1, 0.15) is 0 Å². The van der Waals surface area contributed by atoms with E-state index in [1.165, 1.54) is 11.8 Å². The number of pyridine rings is 1. The zero-order valence-electron chi connectivity index (χ0n) is 17.4. The van der Waals surface area contributed by atoms with E-state index in [0.29, 0.717) is 22.9 Å². The number of amides is 1. The van der Waals surface area contributed by atoms with Crippen LogP contribution < -0.4 is 5.32 Å². The molecule has 2 aromatic heterocycles. The molecule has 32 heavy (non-hydrogen) atoms. The highest BCUT2D eigenvalue weighted by Crippen LogP contribution is 2.33. The molecule has 1 aliphatic rings. The second-order valence-electron chi connectivity index (χ2n) is 7.62. The lowest BCUT2D eigenvalue weighted by atomic mass is 10.0. The van der Waals surface area contributed by atoms with Crippen LogP contribution in [0.5, 0.6) is 0 Å². The van der Waals surface area contributed by atoms with Crippen molar-refractivity contribution in [3.05, 3.63) is 101 Å². The fraction of sp³-hybridized carbons (Fsp3) is 0.115. The SMILES string of the molecule is CCc1ccc(-c2cnc3c(c2)CC(c2cc(NC(=O)c4ccco4)ccc2Cl)=N3)cc1. The maximum Gasteiger partial charge on any atom is 0.291 e. The first-order chi connectivity index (χ1) is 15.6. The Morgan fingerprint density at radius 1 is 1.09 bits per heavy atom. The molecular formula is C26H20ClN3O2. The third-order valence-corrected chi connectivity index (χ3v) is 5.85. The molecule has 0 bridgehead atoms. The van der Waals surface area contributed by atoms with Crippen LogP contribution in [0.25, 0.3) is 11.1 Å². The summed E-state index contributed by atoms with van der Waals surface area (Å²) in [5, 5.41) is 3.41. The molecule has 5 nitrogen and oxygen atoms in total. The zero-order valence-corrected chi connectivity index (χ0v) is 18.2. The minimum Gasteiger partial charge on any atom is -0.459 e. The molecule has 1 aliphatic heterocycles. The second-order valence-corrected chi connectivity index (χ2v) is 8.03. The first kappa shape index (κ1) is 20.2. The van der Waals surface area contributed by atoms with Gasteiger partial charge < -0.3 is 9.73 Å². The molecule has 0 aliphatic carbocycles. The third-order valence-electron chi connectivity index (χ3n) is 5.52. The third kappa shape index (κ3) is 3.95. The molecule has 0 fully saturated rings. The quantitative estimate of drug-likeness (QED) is 0.385. The van der Waals surface area contributed by atoms with Crippen molar-refractivity contribution in [2.24, 2.45) is 4.99 Å². The molecule has 0 unspecified atom stereocenters. The van der Waals surface area contributed by atoms with Crippen molar-refractivity contribution in [2.75, 3.05) is 5.32 Å². The average molecular weight is 442 g/mol. The van der Waals surface area contributed by atoms with Gasteiger partial charge in [-0.15, -0.1) is 0 Å². The summed E-state index contributed by atoms with van der Waals surface area (Å²) in [6, 6.07) is 19.3. The molecule has 5 rings (SSSR count). The molecule has 158 valence electrons. The van der Waals surface area contributed by atoms with E-state index in [9.17, 15) is 4.79 Å². The lowest BCUT2D eigenvalue weighted by Crippen LogP contribution is -2.11. The molecule has 3 heterocycles. The molecule has 0 saturated heterocycles. The minimum atomic E-state index is -0.319. The van der Waals surface area contributed by atoms with Gasteiger partial charge in [0, 0.05) is 40.0 Å². The van der Waals surface area contributed by atoms with Crippen LogP contribution in [0.3, 0.4) is 0 Å². The highest BCUT2D eigenvalue weighted by molar-refractivity contribution is 6.34. The van der Waals surface area contributed by atoms with Crippen LogP contribution in [0, 0.1) is 0 Å². The van der Waals surface area contributed by atoms with E-state index in [4.69, 9.17) is 21.0 Å². The van der Waals surface area contributed by atoms with E-state index in [0.717, 1.165) is 34.4 Å². The van der Waals surface area contributed by atoms with E-state index in [1.54, 1.807) is 24.3 Å². The van der Waals surface area contributed by atoms with Crippen LogP contribution in [0.15, 0.2) is 82.5 Å². The van der Waals surface area contributed by atoms with Gasteiger partial charge in [0.25, 0.3) is 5.91 Å². The molecule has 0 spiro atoms. The Labute approximate surface area is 190 Å². The number of rotatable bonds is 5. The predicted molar refractivity (Wildman–Crippen MR) is 127 cm³/mol. The Hall–Kier alpha value is -3.70. The van der Waals surface area contributed by atoms with Crippen molar-refractivity contribution in [2.45, 2.75) is 19.8 Å². The van der Waals surface area contributed by atoms with Crippen molar-refractivity contribution >= 4 is 34.7 Å². The fourth-order valence-electron chi connectivity index (χ4n) is 3.75. The summed E-state index contributed by atoms with van der Waals surface area (Å²) in [5.74, 6) is 0.631. The van der Waals surface area contributed by atoms with Crippen molar-refractivity contribution in [1.82, 2.24) is 4.98 Å². The number of aryl methyl sites for hydroxylation is 1. The number of benzene rings is 2. The number of carbonyl (C=O) groups is 1. The first-order valence-corrected chi connectivity index (χ1v) is 10.8. The number of aliphatic imine (C=N–C) groups is 1. The number of nitrogens with zero attached hydrogens (tertiary/aromatic N) is 2. The number of aromatic nitrogens is 1. The minimum absolute atomic E-state index is 0.246. The summed E-state index contributed by atoms with van der Waals surface area (Å²) in [6.45, 7) is 2.15. The van der Waals surface area contributed by atoms with Crippen molar-refractivity contribution in [3.63, 3.8) is 0 Å². The Balaban J connectivity index is 1.38. The summed E-state index contributed by atoms with van der Waals surface area (Å²) in [7, 11) is 0. The summed E-state index contributed by atoms with van der Waals surface area (Å²) < 4.78 is 5.15. The van der Waals surface area contributed by atoms with Crippen LogP contribution in [0.2, 0.25) is 5.02 Å². The van der Waals surface area contributed by atoms with Crippen LogP contribution in [0.1, 0.15) is 34.2 Å². The molecule has 0 radical (unpaired) electrons. The second kappa shape index (κ2) is 8.44. The van der Waals surface area contributed by atoms with Crippen LogP contribution in [-0.4, -0.2) is 16.6 Å². The van der Waals surface area contributed by atoms with Crippen LogP contribution in [0.4, 0.5) is 11.5 Å².